The van der Waals surface area contributed by atoms with Crippen LogP contribution in [0.15, 0.2) is 41.2 Å². The van der Waals surface area contributed by atoms with Crippen LogP contribution in [0.1, 0.15) is 23.8 Å². The molecule has 0 unspecified atom stereocenters. The van der Waals surface area contributed by atoms with Crippen molar-refractivity contribution >= 4 is 23.3 Å². The molecule has 1 heterocycles. The van der Waals surface area contributed by atoms with Gasteiger partial charge in [-0.15, -0.1) is 0 Å². The number of aromatic nitrogens is 2. The third-order valence-electron chi connectivity index (χ3n) is 2.92. The number of anilines is 2. The molecule has 0 radical (unpaired) electrons. The topological polar surface area (TPSA) is 119 Å². The van der Waals surface area contributed by atoms with Crippen LogP contribution in [0.3, 0.4) is 0 Å². The van der Waals surface area contributed by atoms with Crippen LogP contribution in [-0.2, 0) is 6.54 Å². The van der Waals surface area contributed by atoms with Gasteiger partial charge in [0.15, 0.2) is 0 Å². The van der Waals surface area contributed by atoms with Crippen molar-refractivity contribution in [2.45, 2.75) is 19.9 Å². The molecule has 2 rings (SSSR count). The zero-order valence-corrected chi connectivity index (χ0v) is 12.6. The molecule has 3 amide bonds. The molecule has 1 aromatic heterocycles. The van der Waals surface area contributed by atoms with E-state index in [9.17, 15) is 14.4 Å². The van der Waals surface area contributed by atoms with E-state index in [1.807, 2.05) is 6.92 Å². The maximum atomic E-state index is 12.2. The molecule has 0 saturated heterocycles. The molecule has 0 fully saturated rings. The Labute approximate surface area is 132 Å². The van der Waals surface area contributed by atoms with Crippen LogP contribution in [0.4, 0.5) is 16.2 Å². The number of nitrogens with two attached hydrogens (primary N) is 1. The predicted molar refractivity (Wildman–Crippen MR) is 86.4 cm³/mol. The Balaban J connectivity index is 2.17. The number of hydrogen-bond acceptors (Lipinski definition) is 4. The van der Waals surface area contributed by atoms with E-state index < -0.39 is 11.9 Å². The van der Waals surface area contributed by atoms with Crippen LogP contribution in [-0.4, -0.2) is 21.7 Å². The summed E-state index contributed by atoms with van der Waals surface area (Å²) in [6.07, 6.45) is 0.735. The lowest BCUT2D eigenvalue weighted by Gasteiger charge is -2.08. The molecule has 0 spiro atoms. The van der Waals surface area contributed by atoms with Gasteiger partial charge in [0.25, 0.3) is 11.5 Å². The quantitative estimate of drug-likeness (QED) is 0.772. The third kappa shape index (κ3) is 4.40. The number of nitrogens with one attached hydrogen (secondary N) is 2. The van der Waals surface area contributed by atoms with Gasteiger partial charge in [0, 0.05) is 24.0 Å². The number of aryl methyl sites for hydroxylation is 1. The molecule has 1 aromatic carbocycles. The van der Waals surface area contributed by atoms with Crippen molar-refractivity contribution in [1.82, 2.24) is 9.78 Å². The second kappa shape index (κ2) is 7.21. The van der Waals surface area contributed by atoms with Crippen molar-refractivity contribution in [3.05, 3.63) is 52.4 Å². The summed E-state index contributed by atoms with van der Waals surface area (Å²) < 4.78 is 1.25. The SMILES string of the molecule is CCCn1nc(C(=O)Nc2cccc(NC(N)=O)c2)ccc1=O. The normalized spacial score (nSPS) is 10.1. The van der Waals surface area contributed by atoms with E-state index in [4.69, 9.17) is 5.73 Å². The molecule has 2 aromatic rings. The number of carbonyl (C=O) groups excluding carboxylic acids is 2. The van der Waals surface area contributed by atoms with Gasteiger partial charge < -0.3 is 16.4 Å². The molecule has 0 aliphatic carbocycles. The van der Waals surface area contributed by atoms with Gasteiger partial charge in [-0.1, -0.05) is 13.0 Å². The number of benzene rings is 1. The summed E-state index contributed by atoms with van der Waals surface area (Å²) in [6.45, 7) is 2.36. The highest BCUT2D eigenvalue weighted by Crippen LogP contribution is 2.15. The zero-order chi connectivity index (χ0) is 16.8. The Morgan fingerprint density at radius 2 is 1.87 bits per heavy atom. The van der Waals surface area contributed by atoms with Gasteiger partial charge in [-0.05, 0) is 30.7 Å². The molecule has 8 nitrogen and oxygen atoms in total. The van der Waals surface area contributed by atoms with Crippen molar-refractivity contribution in [2.24, 2.45) is 5.73 Å². The second-order valence-corrected chi connectivity index (χ2v) is 4.80. The van der Waals surface area contributed by atoms with Gasteiger partial charge >= 0.3 is 6.03 Å². The third-order valence-corrected chi connectivity index (χ3v) is 2.92. The first kappa shape index (κ1) is 16.2. The fourth-order valence-corrected chi connectivity index (χ4v) is 1.95. The van der Waals surface area contributed by atoms with E-state index in [-0.39, 0.29) is 11.3 Å². The van der Waals surface area contributed by atoms with Crippen molar-refractivity contribution in [2.75, 3.05) is 10.6 Å². The number of carbonyl (C=O) groups is 2. The molecule has 0 saturated carbocycles. The Bertz CT molecular complexity index is 785. The van der Waals surface area contributed by atoms with E-state index in [1.165, 1.54) is 16.8 Å². The van der Waals surface area contributed by atoms with Crippen LogP contribution in [0.5, 0.6) is 0 Å². The summed E-state index contributed by atoms with van der Waals surface area (Å²) >= 11 is 0. The average molecular weight is 315 g/mol. The van der Waals surface area contributed by atoms with Crippen molar-refractivity contribution in [1.29, 1.82) is 0 Å². The molecule has 120 valence electrons. The number of nitrogens with zero attached hydrogens (tertiary/aromatic N) is 2. The highest BCUT2D eigenvalue weighted by atomic mass is 16.2. The molecular formula is C15H17N5O3. The molecule has 0 atom stereocenters. The molecule has 0 bridgehead atoms. The maximum absolute atomic E-state index is 12.2. The lowest BCUT2D eigenvalue weighted by Crippen LogP contribution is -2.26. The van der Waals surface area contributed by atoms with E-state index in [2.05, 4.69) is 15.7 Å². The summed E-state index contributed by atoms with van der Waals surface area (Å²) in [5, 5.41) is 9.10. The maximum Gasteiger partial charge on any atom is 0.316 e. The fourth-order valence-electron chi connectivity index (χ4n) is 1.95. The van der Waals surface area contributed by atoms with Crippen LogP contribution >= 0.6 is 0 Å². The smallest absolute Gasteiger partial charge is 0.316 e. The lowest BCUT2D eigenvalue weighted by atomic mass is 10.2. The molecule has 4 N–H and O–H groups in total. The van der Waals surface area contributed by atoms with Crippen LogP contribution in [0.2, 0.25) is 0 Å². The Morgan fingerprint density at radius 3 is 2.52 bits per heavy atom. The first-order chi connectivity index (χ1) is 11.0. The van der Waals surface area contributed by atoms with Crippen LogP contribution in [0.25, 0.3) is 0 Å². The van der Waals surface area contributed by atoms with E-state index in [1.54, 1.807) is 24.3 Å². The lowest BCUT2D eigenvalue weighted by molar-refractivity contribution is 0.101. The standard InChI is InChI=1S/C15H17N5O3/c1-2-8-20-13(21)7-6-12(19-20)14(22)17-10-4-3-5-11(9-10)18-15(16)23/h3-7,9H,2,8H2,1H3,(H,17,22)(H3,16,18,23). The highest BCUT2D eigenvalue weighted by molar-refractivity contribution is 6.03. The molecule has 0 aliphatic rings. The number of amides is 3. The number of primary amides is 1. The van der Waals surface area contributed by atoms with Crippen molar-refractivity contribution < 1.29 is 9.59 Å². The Morgan fingerprint density at radius 1 is 1.17 bits per heavy atom. The van der Waals surface area contributed by atoms with E-state index in [0.29, 0.717) is 17.9 Å². The number of rotatable bonds is 5. The Hall–Kier alpha value is -3.16. The monoisotopic (exact) mass is 315 g/mol. The van der Waals surface area contributed by atoms with Gasteiger partial charge in [-0.25, -0.2) is 9.48 Å². The van der Waals surface area contributed by atoms with Crippen LogP contribution < -0.4 is 21.9 Å². The summed E-state index contributed by atoms with van der Waals surface area (Å²) in [7, 11) is 0. The average Bonchev–Trinajstić information content (AvgIpc) is 2.49. The van der Waals surface area contributed by atoms with Crippen molar-refractivity contribution in [3.63, 3.8) is 0 Å². The molecular weight excluding hydrogens is 298 g/mol. The summed E-state index contributed by atoms with van der Waals surface area (Å²) in [5.74, 6) is -0.453. The minimum absolute atomic E-state index is 0.131. The van der Waals surface area contributed by atoms with E-state index in [0.717, 1.165) is 6.42 Å². The van der Waals surface area contributed by atoms with Crippen molar-refractivity contribution in [3.8, 4) is 0 Å². The van der Waals surface area contributed by atoms with Gasteiger partial charge in [0.2, 0.25) is 0 Å². The second-order valence-electron chi connectivity index (χ2n) is 4.80. The fraction of sp³-hybridized carbons (Fsp3) is 0.200. The summed E-state index contributed by atoms with van der Waals surface area (Å²) in [4.78, 5) is 34.7. The number of urea groups is 1. The summed E-state index contributed by atoms with van der Waals surface area (Å²) in [6, 6.07) is 8.50. The molecule has 23 heavy (non-hydrogen) atoms. The van der Waals surface area contributed by atoms with Gasteiger partial charge in [0.1, 0.15) is 5.69 Å². The Kier molecular flexibility index (Phi) is 5.08. The molecule has 8 heteroatoms. The molecule has 0 aliphatic heterocycles. The first-order valence-electron chi connectivity index (χ1n) is 7.05. The minimum atomic E-state index is -0.693. The van der Waals surface area contributed by atoms with Gasteiger partial charge in [-0.3, -0.25) is 9.59 Å². The number of hydrogen-bond donors (Lipinski definition) is 3. The summed E-state index contributed by atoms with van der Waals surface area (Å²) in [5.41, 5.74) is 5.85. The van der Waals surface area contributed by atoms with E-state index >= 15 is 0 Å². The van der Waals surface area contributed by atoms with Crippen LogP contribution in [0, 0.1) is 0 Å². The van der Waals surface area contributed by atoms with Gasteiger partial charge in [0.05, 0.1) is 0 Å². The predicted octanol–water partition coefficient (Wildman–Crippen LogP) is 1.40. The zero-order valence-electron chi connectivity index (χ0n) is 12.6. The van der Waals surface area contributed by atoms with Gasteiger partial charge in [-0.2, -0.15) is 5.10 Å². The highest BCUT2D eigenvalue weighted by Gasteiger charge is 2.10. The first-order valence-corrected chi connectivity index (χ1v) is 7.05. The minimum Gasteiger partial charge on any atom is -0.351 e. The largest absolute Gasteiger partial charge is 0.351 e.